The van der Waals surface area contributed by atoms with Gasteiger partial charge < -0.3 is 15.4 Å². The van der Waals surface area contributed by atoms with Crippen molar-refractivity contribution in [1.29, 1.82) is 0 Å². The van der Waals surface area contributed by atoms with Crippen molar-refractivity contribution in [3.8, 4) is 0 Å². The van der Waals surface area contributed by atoms with Gasteiger partial charge in [0.15, 0.2) is 0 Å². The summed E-state index contributed by atoms with van der Waals surface area (Å²) in [6.07, 6.45) is 1.74. The number of hydrogen-bond donors (Lipinski definition) is 2. The Morgan fingerprint density at radius 3 is 3.25 bits per heavy atom. The van der Waals surface area contributed by atoms with Crippen LogP contribution in [0.5, 0.6) is 0 Å². The van der Waals surface area contributed by atoms with Crippen LogP contribution >= 0.6 is 11.3 Å². The number of carbonyl (C=O) groups excluding carboxylic acids is 1. The van der Waals surface area contributed by atoms with Crippen molar-refractivity contribution in [2.24, 2.45) is 5.92 Å². The van der Waals surface area contributed by atoms with E-state index in [2.05, 4.69) is 15.6 Å². The third kappa shape index (κ3) is 2.58. The summed E-state index contributed by atoms with van der Waals surface area (Å²) in [5.41, 5.74) is 0. The van der Waals surface area contributed by atoms with E-state index in [4.69, 9.17) is 4.74 Å². The Labute approximate surface area is 98.2 Å². The third-order valence-electron chi connectivity index (χ3n) is 2.69. The van der Waals surface area contributed by atoms with Crippen molar-refractivity contribution >= 4 is 17.2 Å². The number of rotatable bonds is 4. The highest BCUT2D eigenvalue weighted by atomic mass is 32.1. The van der Waals surface area contributed by atoms with Gasteiger partial charge in [0, 0.05) is 17.6 Å². The molecule has 1 saturated heterocycles. The normalized spacial score (nSPS) is 24.6. The molecule has 5 nitrogen and oxygen atoms in total. The highest BCUT2D eigenvalue weighted by Gasteiger charge is 2.32. The predicted octanol–water partition coefficient (Wildman–Crippen LogP) is -0.00630. The quantitative estimate of drug-likeness (QED) is 0.778. The summed E-state index contributed by atoms with van der Waals surface area (Å²) in [5.74, 6) is -0.0583. The van der Waals surface area contributed by atoms with Crippen molar-refractivity contribution in [3.63, 3.8) is 0 Å². The second-order valence-electron chi connectivity index (χ2n) is 3.68. The minimum absolute atomic E-state index is 0.0343. The lowest BCUT2D eigenvalue weighted by atomic mass is 10.0. The standard InChI is InChI=1S/C10H15N3O2S/c1-11-8-6-15-5-7(8)10(14)13-4-9-12-2-3-16-9/h2-3,7-8,11H,4-6H2,1H3,(H,13,14). The Morgan fingerprint density at radius 1 is 1.69 bits per heavy atom. The van der Waals surface area contributed by atoms with Gasteiger partial charge in [0.1, 0.15) is 5.01 Å². The lowest BCUT2D eigenvalue weighted by molar-refractivity contribution is -0.125. The Balaban J connectivity index is 1.83. The van der Waals surface area contributed by atoms with Gasteiger partial charge in [0.05, 0.1) is 25.7 Å². The fourth-order valence-corrected chi connectivity index (χ4v) is 2.29. The van der Waals surface area contributed by atoms with Crippen LogP contribution < -0.4 is 10.6 Å². The molecule has 0 spiro atoms. The molecule has 1 aliphatic rings. The van der Waals surface area contributed by atoms with Gasteiger partial charge in [-0.05, 0) is 7.05 Å². The van der Waals surface area contributed by atoms with Crippen LogP contribution in [0, 0.1) is 5.92 Å². The molecule has 2 rings (SSSR count). The van der Waals surface area contributed by atoms with Crippen LogP contribution in [0.15, 0.2) is 11.6 Å². The van der Waals surface area contributed by atoms with Crippen molar-refractivity contribution in [1.82, 2.24) is 15.6 Å². The molecule has 2 atom stereocenters. The molecule has 0 aliphatic carbocycles. The summed E-state index contributed by atoms with van der Waals surface area (Å²) in [5, 5.41) is 8.79. The molecule has 88 valence electrons. The molecule has 0 saturated carbocycles. The van der Waals surface area contributed by atoms with Crippen molar-refractivity contribution < 1.29 is 9.53 Å². The minimum Gasteiger partial charge on any atom is -0.379 e. The number of aromatic nitrogens is 1. The molecule has 2 unspecified atom stereocenters. The maximum atomic E-state index is 11.9. The molecule has 1 aromatic rings. The third-order valence-corrected chi connectivity index (χ3v) is 3.47. The Morgan fingerprint density at radius 2 is 2.56 bits per heavy atom. The first kappa shape index (κ1) is 11.5. The first-order valence-electron chi connectivity index (χ1n) is 5.22. The van der Waals surface area contributed by atoms with Crippen LogP contribution in [-0.4, -0.2) is 37.2 Å². The fourth-order valence-electron chi connectivity index (χ4n) is 1.73. The van der Waals surface area contributed by atoms with Gasteiger partial charge in [-0.15, -0.1) is 11.3 Å². The van der Waals surface area contributed by atoms with E-state index in [-0.39, 0.29) is 17.9 Å². The van der Waals surface area contributed by atoms with E-state index in [0.29, 0.717) is 19.8 Å². The zero-order valence-electron chi connectivity index (χ0n) is 9.10. The molecular formula is C10H15N3O2S. The van der Waals surface area contributed by atoms with Gasteiger partial charge in [-0.2, -0.15) is 0 Å². The van der Waals surface area contributed by atoms with E-state index in [1.807, 2.05) is 12.4 Å². The Hall–Kier alpha value is -0.980. The van der Waals surface area contributed by atoms with E-state index in [1.54, 1.807) is 17.5 Å². The predicted molar refractivity (Wildman–Crippen MR) is 61.1 cm³/mol. The lowest BCUT2D eigenvalue weighted by Gasteiger charge is -2.15. The van der Waals surface area contributed by atoms with E-state index >= 15 is 0 Å². The number of nitrogens with one attached hydrogen (secondary N) is 2. The van der Waals surface area contributed by atoms with Crippen LogP contribution in [0.4, 0.5) is 0 Å². The van der Waals surface area contributed by atoms with Crippen LogP contribution in [0.1, 0.15) is 5.01 Å². The molecule has 1 aliphatic heterocycles. The average Bonchev–Trinajstić information content (AvgIpc) is 2.96. The van der Waals surface area contributed by atoms with Crippen molar-refractivity contribution in [2.75, 3.05) is 20.3 Å². The van der Waals surface area contributed by atoms with Crippen LogP contribution in [0.3, 0.4) is 0 Å². The van der Waals surface area contributed by atoms with Crippen LogP contribution in [-0.2, 0) is 16.1 Å². The van der Waals surface area contributed by atoms with Crippen LogP contribution in [0.2, 0.25) is 0 Å². The number of amides is 1. The number of ether oxygens (including phenoxy) is 1. The Kier molecular flexibility index (Phi) is 3.87. The van der Waals surface area contributed by atoms with E-state index in [1.165, 1.54) is 0 Å². The summed E-state index contributed by atoms with van der Waals surface area (Å²) < 4.78 is 5.28. The largest absolute Gasteiger partial charge is 0.379 e. The van der Waals surface area contributed by atoms with Gasteiger partial charge in [-0.25, -0.2) is 4.98 Å². The molecule has 16 heavy (non-hydrogen) atoms. The number of likely N-dealkylation sites (N-methyl/N-ethyl adjacent to an activating group) is 1. The molecule has 6 heteroatoms. The first-order valence-corrected chi connectivity index (χ1v) is 6.10. The summed E-state index contributed by atoms with van der Waals surface area (Å²) in [7, 11) is 1.85. The number of carbonyl (C=O) groups is 1. The molecule has 0 bridgehead atoms. The zero-order valence-corrected chi connectivity index (χ0v) is 9.92. The summed E-state index contributed by atoms with van der Waals surface area (Å²) in [4.78, 5) is 16.0. The smallest absolute Gasteiger partial charge is 0.227 e. The number of thiazole rings is 1. The maximum absolute atomic E-state index is 11.9. The zero-order chi connectivity index (χ0) is 11.4. The molecule has 1 aromatic heterocycles. The monoisotopic (exact) mass is 241 g/mol. The van der Waals surface area contributed by atoms with Gasteiger partial charge in [0.2, 0.25) is 5.91 Å². The molecular weight excluding hydrogens is 226 g/mol. The van der Waals surface area contributed by atoms with Gasteiger partial charge in [-0.1, -0.05) is 0 Å². The summed E-state index contributed by atoms with van der Waals surface area (Å²) >= 11 is 1.54. The second kappa shape index (κ2) is 5.38. The second-order valence-corrected chi connectivity index (χ2v) is 4.66. The summed E-state index contributed by atoms with van der Waals surface area (Å²) in [6, 6.07) is 0.122. The van der Waals surface area contributed by atoms with Crippen LogP contribution in [0.25, 0.3) is 0 Å². The molecule has 1 fully saturated rings. The average molecular weight is 241 g/mol. The van der Waals surface area contributed by atoms with Crippen molar-refractivity contribution in [2.45, 2.75) is 12.6 Å². The van der Waals surface area contributed by atoms with E-state index < -0.39 is 0 Å². The van der Waals surface area contributed by atoms with E-state index in [9.17, 15) is 4.79 Å². The first-order chi connectivity index (χ1) is 7.81. The highest BCUT2D eigenvalue weighted by Crippen LogP contribution is 2.13. The maximum Gasteiger partial charge on any atom is 0.227 e. The fraction of sp³-hybridized carbons (Fsp3) is 0.600. The minimum atomic E-state index is -0.0926. The molecule has 2 heterocycles. The lowest BCUT2D eigenvalue weighted by Crippen LogP contribution is -2.42. The highest BCUT2D eigenvalue weighted by molar-refractivity contribution is 7.09. The number of hydrogen-bond acceptors (Lipinski definition) is 5. The van der Waals surface area contributed by atoms with Gasteiger partial charge in [-0.3, -0.25) is 4.79 Å². The summed E-state index contributed by atoms with van der Waals surface area (Å²) in [6.45, 7) is 1.60. The number of nitrogens with zero attached hydrogens (tertiary/aromatic N) is 1. The topological polar surface area (TPSA) is 63.2 Å². The molecule has 0 radical (unpaired) electrons. The van der Waals surface area contributed by atoms with Gasteiger partial charge in [0.25, 0.3) is 0 Å². The molecule has 0 aromatic carbocycles. The molecule has 2 N–H and O–H groups in total. The van der Waals surface area contributed by atoms with Crippen molar-refractivity contribution in [3.05, 3.63) is 16.6 Å². The SMILES string of the molecule is CNC1COCC1C(=O)NCc1nccs1. The van der Waals surface area contributed by atoms with Gasteiger partial charge >= 0.3 is 0 Å². The molecule has 1 amide bonds. The van der Waals surface area contributed by atoms with E-state index in [0.717, 1.165) is 5.01 Å². The Bertz CT molecular complexity index is 342.